The number of hydrogen-bond donors (Lipinski definition) is 2. The summed E-state index contributed by atoms with van der Waals surface area (Å²) in [6.07, 6.45) is 3.66. The van der Waals surface area contributed by atoms with Gasteiger partial charge in [-0.3, -0.25) is 5.43 Å². The standard InChI is InChI=1S/C11H19N3S/c1-10(2)7-4-5-11(10,3)8(6-7)13-14-9(12)15/h7H,4-6H2,1-3H3,(H3,12,14,15)/b13-8-/t7-,11-/m1/s1. The monoisotopic (exact) mass is 225 g/mol. The lowest BCUT2D eigenvalue weighted by molar-refractivity contribution is 0.193. The van der Waals surface area contributed by atoms with Crippen molar-refractivity contribution < 1.29 is 0 Å². The first kappa shape index (κ1) is 10.9. The molecule has 0 aliphatic heterocycles. The van der Waals surface area contributed by atoms with Gasteiger partial charge < -0.3 is 5.73 Å². The van der Waals surface area contributed by atoms with Crippen molar-refractivity contribution in [2.45, 2.75) is 40.0 Å². The Bertz CT molecular complexity index is 335. The number of thiocarbonyl (C=S) groups is 1. The minimum absolute atomic E-state index is 0.232. The molecular formula is C11H19N3S. The fourth-order valence-corrected chi connectivity index (χ4v) is 3.27. The van der Waals surface area contributed by atoms with E-state index >= 15 is 0 Å². The minimum atomic E-state index is 0.232. The van der Waals surface area contributed by atoms with Crippen molar-refractivity contribution in [3.8, 4) is 0 Å². The highest BCUT2D eigenvalue weighted by molar-refractivity contribution is 7.80. The van der Waals surface area contributed by atoms with Crippen molar-refractivity contribution in [3.63, 3.8) is 0 Å². The van der Waals surface area contributed by atoms with Crippen LogP contribution in [-0.4, -0.2) is 10.8 Å². The molecule has 84 valence electrons. The average molecular weight is 225 g/mol. The Morgan fingerprint density at radius 3 is 2.60 bits per heavy atom. The van der Waals surface area contributed by atoms with Gasteiger partial charge in [-0.2, -0.15) is 5.10 Å². The van der Waals surface area contributed by atoms with Crippen molar-refractivity contribution in [1.29, 1.82) is 0 Å². The van der Waals surface area contributed by atoms with Crippen LogP contribution in [0.5, 0.6) is 0 Å². The summed E-state index contributed by atoms with van der Waals surface area (Å²) in [5.74, 6) is 0.773. The van der Waals surface area contributed by atoms with Crippen molar-refractivity contribution in [2.24, 2.45) is 27.6 Å². The van der Waals surface area contributed by atoms with Crippen molar-refractivity contribution >= 4 is 23.0 Å². The first-order chi connectivity index (χ1) is 6.88. The predicted molar refractivity (Wildman–Crippen MR) is 66.6 cm³/mol. The first-order valence-electron chi connectivity index (χ1n) is 5.50. The predicted octanol–water partition coefficient (Wildman–Crippen LogP) is 2.02. The molecule has 4 heteroatoms. The molecule has 0 saturated heterocycles. The van der Waals surface area contributed by atoms with E-state index in [-0.39, 0.29) is 10.5 Å². The number of hydrogen-bond acceptors (Lipinski definition) is 2. The molecule has 0 aromatic rings. The lowest BCUT2D eigenvalue weighted by atomic mass is 9.70. The molecule has 0 amide bonds. The summed E-state index contributed by atoms with van der Waals surface area (Å²) in [5.41, 5.74) is 9.97. The summed E-state index contributed by atoms with van der Waals surface area (Å²) in [4.78, 5) is 0. The van der Waals surface area contributed by atoms with Crippen LogP contribution < -0.4 is 11.2 Å². The van der Waals surface area contributed by atoms with Crippen molar-refractivity contribution in [1.82, 2.24) is 5.43 Å². The highest BCUT2D eigenvalue weighted by atomic mass is 32.1. The summed E-state index contributed by atoms with van der Waals surface area (Å²) in [6.45, 7) is 7.03. The highest BCUT2D eigenvalue weighted by Crippen LogP contribution is 2.63. The molecule has 0 aromatic carbocycles. The number of nitrogens with zero attached hydrogens (tertiary/aromatic N) is 1. The molecule has 0 heterocycles. The molecule has 2 bridgehead atoms. The Morgan fingerprint density at radius 1 is 1.53 bits per heavy atom. The van der Waals surface area contributed by atoms with Crippen LogP contribution in [-0.2, 0) is 0 Å². The highest BCUT2D eigenvalue weighted by Gasteiger charge is 2.59. The third-order valence-electron chi connectivity index (χ3n) is 4.81. The molecule has 0 radical (unpaired) electrons. The maximum atomic E-state index is 5.39. The summed E-state index contributed by atoms with van der Waals surface area (Å²) in [5, 5.41) is 4.63. The molecule has 2 rings (SSSR count). The van der Waals surface area contributed by atoms with E-state index in [0.29, 0.717) is 5.41 Å². The van der Waals surface area contributed by atoms with E-state index in [0.717, 1.165) is 12.3 Å². The summed E-state index contributed by atoms with van der Waals surface area (Å²) in [6, 6.07) is 0. The maximum Gasteiger partial charge on any atom is 0.184 e. The molecule has 3 N–H and O–H groups in total. The van der Waals surface area contributed by atoms with Gasteiger partial charge in [0.1, 0.15) is 0 Å². The summed E-state index contributed by atoms with van der Waals surface area (Å²) < 4.78 is 0. The van der Waals surface area contributed by atoms with Crippen LogP contribution in [0.2, 0.25) is 0 Å². The van der Waals surface area contributed by atoms with Crippen LogP contribution >= 0.6 is 12.2 Å². The number of fused-ring (bicyclic) bond motifs is 2. The fraction of sp³-hybridized carbons (Fsp3) is 0.818. The van der Waals surface area contributed by atoms with Gasteiger partial charge in [-0.1, -0.05) is 20.8 Å². The van der Waals surface area contributed by atoms with Gasteiger partial charge in [-0.05, 0) is 42.8 Å². The van der Waals surface area contributed by atoms with Gasteiger partial charge in [-0.25, -0.2) is 0 Å². The van der Waals surface area contributed by atoms with Crippen LogP contribution in [0.15, 0.2) is 5.10 Å². The van der Waals surface area contributed by atoms with Crippen LogP contribution in [0.1, 0.15) is 40.0 Å². The number of rotatable bonds is 1. The molecule has 3 nitrogen and oxygen atoms in total. The van der Waals surface area contributed by atoms with E-state index in [2.05, 4.69) is 31.3 Å². The quantitative estimate of drug-likeness (QED) is 0.530. The molecule has 0 spiro atoms. The zero-order valence-corrected chi connectivity index (χ0v) is 10.4. The van der Waals surface area contributed by atoms with Gasteiger partial charge in [0, 0.05) is 11.1 Å². The first-order valence-corrected chi connectivity index (χ1v) is 5.91. The fourth-order valence-electron chi connectivity index (χ4n) is 3.22. The second-order valence-corrected chi connectivity index (χ2v) is 5.97. The van der Waals surface area contributed by atoms with Gasteiger partial charge in [0.15, 0.2) is 5.11 Å². The Labute approximate surface area is 96.5 Å². The normalized spacial score (nSPS) is 39.7. The lowest BCUT2D eigenvalue weighted by Crippen LogP contribution is -2.35. The number of nitrogens with two attached hydrogens (primary N) is 1. The van der Waals surface area contributed by atoms with Gasteiger partial charge in [0.25, 0.3) is 0 Å². The van der Waals surface area contributed by atoms with E-state index in [1.165, 1.54) is 18.6 Å². The second-order valence-electron chi connectivity index (χ2n) is 5.53. The average Bonchev–Trinajstić information content (AvgIpc) is 2.46. The van der Waals surface area contributed by atoms with E-state index in [4.69, 9.17) is 18.0 Å². The molecule has 15 heavy (non-hydrogen) atoms. The Kier molecular flexibility index (Phi) is 2.30. The zero-order valence-electron chi connectivity index (χ0n) is 9.63. The molecule has 0 aromatic heterocycles. The topological polar surface area (TPSA) is 50.4 Å². The largest absolute Gasteiger partial charge is 0.375 e. The minimum Gasteiger partial charge on any atom is -0.375 e. The van der Waals surface area contributed by atoms with Gasteiger partial charge in [-0.15, -0.1) is 0 Å². The lowest BCUT2D eigenvalue weighted by Gasteiger charge is -2.34. The molecule has 2 saturated carbocycles. The van der Waals surface area contributed by atoms with Crippen LogP contribution in [0.4, 0.5) is 0 Å². The maximum absolute atomic E-state index is 5.39. The number of hydrazone groups is 1. The zero-order chi connectivity index (χ0) is 11.3. The Balaban J connectivity index is 2.26. The molecular weight excluding hydrogens is 206 g/mol. The van der Waals surface area contributed by atoms with Gasteiger partial charge in [0.05, 0.1) is 0 Å². The van der Waals surface area contributed by atoms with Crippen LogP contribution in [0, 0.1) is 16.7 Å². The third-order valence-corrected chi connectivity index (χ3v) is 4.90. The third kappa shape index (κ3) is 1.38. The molecule has 2 atom stereocenters. The Hall–Kier alpha value is -0.640. The van der Waals surface area contributed by atoms with E-state index in [9.17, 15) is 0 Å². The van der Waals surface area contributed by atoms with Gasteiger partial charge in [0.2, 0.25) is 0 Å². The van der Waals surface area contributed by atoms with Crippen molar-refractivity contribution in [2.75, 3.05) is 0 Å². The van der Waals surface area contributed by atoms with Crippen LogP contribution in [0.25, 0.3) is 0 Å². The second kappa shape index (κ2) is 3.17. The van der Waals surface area contributed by atoms with Crippen LogP contribution in [0.3, 0.4) is 0 Å². The smallest absolute Gasteiger partial charge is 0.184 e. The molecule has 2 aliphatic carbocycles. The van der Waals surface area contributed by atoms with E-state index in [1.54, 1.807) is 0 Å². The van der Waals surface area contributed by atoms with Crippen molar-refractivity contribution in [3.05, 3.63) is 0 Å². The molecule has 0 unspecified atom stereocenters. The van der Waals surface area contributed by atoms with E-state index < -0.39 is 0 Å². The molecule has 2 fully saturated rings. The molecule has 2 aliphatic rings. The Morgan fingerprint density at radius 2 is 2.20 bits per heavy atom. The summed E-state index contributed by atoms with van der Waals surface area (Å²) in [7, 11) is 0. The van der Waals surface area contributed by atoms with Gasteiger partial charge >= 0.3 is 0 Å². The van der Waals surface area contributed by atoms with E-state index in [1.807, 2.05) is 0 Å². The summed E-state index contributed by atoms with van der Waals surface area (Å²) >= 11 is 4.77. The number of nitrogens with one attached hydrogen (secondary N) is 1. The SMILES string of the molecule is CC1(C)[C@@H]2CC[C@]1(C)/C(=N\NC(N)=S)C2.